The maximum Gasteiger partial charge on any atom is 0.308 e. The smallest absolute Gasteiger partial charge is 0.308 e. The molecular formula is C21H21N3O5. The van der Waals surface area contributed by atoms with Crippen molar-refractivity contribution in [3.63, 3.8) is 0 Å². The molecule has 1 aliphatic carbocycles. The number of carbonyl (C=O) groups excluding carboxylic acids is 4. The minimum Gasteiger partial charge on any atom is -0.452 e. The topological polar surface area (TPSA) is 117 Å². The van der Waals surface area contributed by atoms with E-state index in [1.165, 1.54) is 6.92 Å². The molecule has 3 atom stereocenters. The van der Waals surface area contributed by atoms with E-state index < -0.39 is 18.0 Å². The summed E-state index contributed by atoms with van der Waals surface area (Å²) in [5, 5.41) is 11.6. The Morgan fingerprint density at radius 3 is 2.45 bits per heavy atom. The summed E-state index contributed by atoms with van der Waals surface area (Å²) in [5.74, 6) is -2.45. The number of allylic oxidation sites excluding steroid dienone is 2. The predicted molar refractivity (Wildman–Crippen MR) is 102 cm³/mol. The Kier molecular flexibility index (Phi) is 6.07. The monoisotopic (exact) mass is 395 g/mol. The fraction of sp³-hybridized carbons (Fsp3) is 0.381. The summed E-state index contributed by atoms with van der Waals surface area (Å²) in [6.07, 6.45) is 3.60. The first-order valence-electron chi connectivity index (χ1n) is 9.42. The Labute approximate surface area is 168 Å². The Morgan fingerprint density at radius 2 is 1.83 bits per heavy atom. The van der Waals surface area contributed by atoms with Gasteiger partial charge in [-0.1, -0.05) is 24.3 Å². The number of carbonyl (C=O) groups is 4. The first kappa shape index (κ1) is 20.3. The van der Waals surface area contributed by atoms with E-state index in [0.717, 1.165) is 4.90 Å². The van der Waals surface area contributed by atoms with Gasteiger partial charge in [0.2, 0.25) is 11.8 Å². The molecule has 0 unspecified atom stereocenters. The quantitative estimate of drug-likeness (QED) is 0.446. The lowest BCUT2D eigenvalue weighted by atomic mass is 9.85. The van der Waals surface area contributed by atoms with Gasteiger partial charge in [0.05, 0.1) is 29.5 Å². The maximum absolute atomic E-state index is 12.4. The summed E-state index contributed by atoms with van der Waals surface area (Å²) in [6.45, 7) is 1.35. The normalized spacial score (nSPS) is 21.3. The van der Waals surface area contributed by atoms with Gasteiger partial charge in [0, 0.05) is 6.54 Å². The molecule has 1 aliphatic heterocycles. The molecule has 2 aliphatic rings. The molecule has 3 amide bonds. The standard InChI is InChI=1S/C21H21N3O5/c1-13(19(26)23-17-9-5-2-6-14(17)12-22)29-18(25)10-11-24-20(27)15-7-3-4-8-16(15)21(24)28/h2-6,9,13,15-16H,7-8,10-11H2,1H3,(H,23,26)/t13-,15+,16+/m1/s1. The van der Waals surface area contributed by atoms with Crippen molar-refractivity contribution < 1.29 is 23.9 Å². The molecule has 8 heteroatoms. The van der Waals surface area contributed by atoms with Crippen LogP contribution in [-0.4, -0.2) is 41.2 Å². The van der Waals surface area contributed by atoms with Gasteiger partial charge in [-0.3, -0.25) is 24.1 Å². The number of nitrogens with zero attached hydrogens (tertiary/aromatic N) is 2. The van der Waals surface area contributed by atoms with Gasteiger partial charge in [0.15, 0.2) is 6.10 Å². The van der Waals surface area contributed by atoms with E-state index in [4.69, 9.17) is 10.00 Å². The first-order chi connectivity index (χ1) is 13.9. The number of nitrogens with one attached hydrogen (secondary N) is 1. The second-order valence-corrected chi connectivity index (χ2v) is 7.01. The number of para-hydroxylation sites is 1. The van der Waals surface area contributed by atoms with E-state index in [2.05, 4.69) is 5.32 Å². The molecule has 29 heavy (non-hydrogen) atoms. The number of esters is 1. The highest BCUT2D eigenvalue weighted by atomic mass is 16.5. The molecule has 0 aromatic heterocycles. The number of fused-ring (bicyclic) bond motifs is 1. The molecule has 1 heterocycles. The second-order valence-electron chi connectivity index (χ2n) is 7.01. The summed E-state index contributed by atoms with van der Waals surface area (Å²) in [5.41, 5.74) is 0.619. The van der Waals surface area contributed by atoms with Crippen molar-refractivity contribution >= 4 is 29.4 Å². The molecule has 1 aromatic rings. The van der Waals surface area contributed by atoms with Gasteiger partial charge < -0.3 is 10.1 Å². The van der Waals surface area contributed by atoms with Gasteiger partial charge in [0.1, 0.15) is 6.07 Å². The largest absolute Gasteiger partial charge is 0.452 e. The second kappa shape index (κ2) is 8.69. The molecule has 0 radical (unpaired) electrons. The van der Waals surface area contributed by atoms with Crippen molar-refractivity contribution in [3.8, 4) is 6.07 Å². The number of rotatable bonds is 6. The highest BCUT2D eigenvalue weighted by Crippen LogP contribution is 2.35. The fourth-order valence-electron chi connectivity index (χ4n) is 3.53. The van der Waals surface area contributed by atoms with Crippen molar-refractivity contribution in [2.45, 2.75) is 32.3 Å². The third-order valence-electron chi connectivity index (χ3n) is 5.12. The predicted octanol–water partition coefficient (Wildman–Crippen LogP) is 1.77. The molecule has 1 N–H and O–H groups in total. The van der Waals surface area contributed by atoms with Crippen LogP contribution in [0.25, 0.3) is 0 Å². The number of benzene rings is 1. The van der Waals surface area contributed by atoms with Crippen LogP contribution in [0.1, 0.15) is 31.7 Å². The number of ether oxygens (including phenoxy) is 1. The molecule has 0 bridgehead atoms. The van der Waals surface area contributed by atoms with Crippen molar-refractivity contribution in [2.24, 2.45) is 11.8 Å². The Bertz CT molecular complexity index is 891. The lowest BCUT2D eigenvalue weighted by Crippen LogP contribution is -2.35. The van der Waals surface area contributed by atoms with E-state index >= 15 is 0 Å². The molecule has 3 rings (SSSR count). The van der Waals surface area contributed by atoms with Gasteiger partial charge in [-0.25, -0.2) is 0 Å². The number of hydrogen-bond donors (Lipinski definition) is 1. The Morgan fingerprint density at radius 1 is 1.21 bits per heavy atom. The van der Waals surface area contributed by atoms with Crippen LogP contribution >= 0.6 is 0 Å². The van der Waals surface area contributed by atoms with Crippen LogP contribution in [-0.2, 0) is 23.9 Å². The molecule has 150 valence electrons. The van der Waals surface area contributed by atoms with E-state index in [0.29, 0.717) is 24.1 Å². The van der Waals surface area contributed by atoms with Gasteiger partial charge in [0.25, 0.3) is 5.91 Å². The molecule has 0 saturated carbocycles. The number of likely N-dealkylation sites (tertiary alicyclic amines) is 1. The lowest BCUT2D eigenvalue weighted by Gasteiger charge is -2.16. The Hall–Kier alpha value is -3.47. The number of nitriles is 1. The van der Waals surface area contributed by atoms with Crippen LogP contribution in [0.5, 0.6) is 0 Å². The van der Waals surface area contributed by atoms with Crippen LogP contribution in [0.2, 0.25) is 0 Å². The Balaban J connectivity index is 1.50. The fourth-order valence-corrected chi connectivity index (χ4v) is 3.53. The van der Waals surface area contributed by atoms with Gasteiger partial charge >= 0.3 is 5.97 Å². The van der Waals surface area contributed by atoms with E-state index in [1.54, 1.807) is 24.3 Å². The summed E-state index contributed by atoms with van der Waals surface area (Å²) in [6, 6.07) is 8.44. The first-order valence-corrected chi connectivity index (χ1v) is 9.42. The van der Waals surface area contributed by atoms with Crippen molar-refractivity contribution in [2.75, 3.05) is 11.9 Å². The molecule has 0 spiro atoms. The third kappa shape index (κ3) is 4.35. The highest BCUT2D eigenvalue weighted by molar-refractivity contribution is 6.05. The van der Waals surface area contributed by atoms with Crippen molar-refractivity contribution in [3.05, 3.63) is 42.0 Å². The number of imide groups is 1. The highest BCUT2D eigenvalue weighted by Gasteiger charge is 2.47. The van der Waals surface area contributed by atoms with Crippen LogP contribution in [0.15, 0.2) is 36.4 Å². The number of hydrogen-bond acceptors (Lipinski definition) is 6. The minimum absolute atomic E-state index is 0.0604. The molecule has 1 saturated heterocycles. The van der Waals surface area contributed by atoms with Crippen molar-refractivity contribution in [1.82, 2.24) is 4.90 Å². The zero-order valence-electron chi connectivity index (χ0n) is 16.0. The number of amides is 3. The molecular weight excluding hydrogens is 374 g/mol. The lowest BCUT2D eigenvalue weighted by molar-refractivity contribution is -0.154. The van der Waals surface area contributed by atoms with E-state index in [9.17, 15) is 19.2 Å². The molecule has 1 fully saturated rings. The van der Waals surface area contributed by atoms with Gasteiger partial charge in [-0.2, -0.15) is 5.26 Å². The van der Waals surface area contributed by atoms with Crippen LogP contribution in [0.3, 0.4) is 0 Å². The van der Waals surface area contributed by atoms with Crippen LogP contribution in [0.4, 0.5) is 5.69 Å². The SMILES string of the molecule is C[C@@H](OC(=O)CCN1C(=O)[C@H]2CC=CC[C@@H]2C1=O)C(=O)Nc1ccccc1C#N. The molecule has 1 aromatic carbocycles. The number of anilines is 1. The van der Waals surface area contributed by atoms with E-state index in [-0.39, 0.29) is 36.6 Å². The summed E-state index contributed by atoms with van der Waals surface area (Å²) >= 11 is 0. The average molecular weight is 395 g/mol. The minimum atomic E-state index is -1.09. The van der Waals surface area contributed by atoms with Crippen molar-refractivity contribution in [1.29, 1.82) is 5.26 Å². The van der Waals surface area contributed by atoms with Gasteiger partial charge in [-0.15, -0.1) is 0 Å². The summed E-state index contributed by atoms with van der Waals surface area (Å²) in [7, 11) is 0. The zero-order chi connectivity index (χ0) is 21.0. The summed E-state index contributed by atoms with van der Waals surface area (Å²) < 4.78 is 5.11. The van der Waals surface area contributed by atoms with Crippen LogP contribution in [0, 0.1) is 23.2 Å². The molecule has 8 nitrogen and oxygen atoms in total. The van der Waals surface area contributed by atoms with Gasteiger partial charge in [-0.05, 0) is 31.9 Å². The maximum atomic E-state index is 12.4. The zero-order valence-corrected chi connectivity index (χ0v) is 16.0. The average Bonchev–Trinajstić information content (AvgIpc) is 2.97. The third-order valence-corrected chi connectivity index (χ3v) is 5.12. The van der Waals surface area contributed by atoms with E-state index in [1.807, 2.05) is 18.2 Å². The van der Waals surface area contributed by atoms with Crippen LogP contribution < -0.4 is 5.32 Å². The summed E-state index contributed by atoms with van der Waals surface area (Å²) in [4.78, 5) is 50.2.